The SMILES string of the molecule is CC(=O)N1C[C@@H]2C[C@H](C1)c1ccc(NC(=O)c3ccco3)c(=O)n1C2. The largest absolute Gasteiger partial charge is 0.459 e. The third-order valence-corrected chi connectivity index (χ3v) is 5.04. The third kappa shape index (κ3) is 2.75. The molecule has 1 N–H and O–H groups in total. The number of carbonyl (C=O) groups is 2. The molecule has 4 heterocycles. The summed E-state index contributed by atoms with van der Waals surface area (Å²) in [4.78, 5) is 38.5. The van der Waals surface area contributed by atoms with E-state index in [-0.39, 0.29) is 34.7 Å². The minimum atomic E-state index is -0.443. The fourth-order valence-corrected chi connectivity index (χ4v) is 3.89. The molecule has 4 rings (SSSR count). The molecule has 130 valence electrons. The van der Waals surface area contributed by atoms with Crippen molar-refractivity contribution in [1.82, 2.24) is 9.47 Å². The van der Waals surface area contributed by atoms with E-state index >= 15 is 0 Å². The van der Waals surface area contributed by atoms with Gasteiger partial charge in [0, 0.05) is 38.2 Å². The van der Waals surface area contributed by atoms with E-state index in [1.54, 1.807) is 29.7 Å². The van der Waals surface area contributed by atoms with Crippen LogP contribution in [0.2, 0.25) is 0 Å². The van der Waals surface area contributed by atoms with Crippen LogP contribution in [-0.2, 0) is 11.3 Å². The second-order valence-electron chi connectivity index (χ2n) is 6.74. The number of aromatic nitrogens is 1. The number of carbonyl (C=O) groups excluding carboxylic acids is 2. The van der Waals surface area contributed by atoms with Gasteiger partial charge in [-0.2, -0.15) is 0 Å². The highest BCUT2D eigenvalue weighted by atomic mass is 16.3. The molecule has 2 bridgehead atoms. The van der Waals surface area contributed by atoms with E-state index < -0.39 is 5.91 Å². The number of nitrogens with zero attached hydrogens (tertiary/aromatic N) is 2. The predicted molar refractivity (Wildman–Crippen MR) is 90.5 cm³/mol. The van der Waals surface area contributed by atoms with Gasteiger partial charge >= 0.3 is 0 Å². The summed E-state index contributed by atoms with van der Waals surface area (Å²) in [5.41, 5.74) is 0.972. The van der Waals surface area contributed by atoms with Crippen LogP contribution in [-0.4, -0.2) is 34.4 Å². The number of pyridine rings is 1. The smallest absolute Gasteiger partial charge is 0.291 e. The van der Waals surface area contributed by atoms with Gasteiger partial charge in [-0.3, -0.25) is 14.4 Å². The number of amides is 2. The summed E-state index contributed by atoms with van der Waals surface area (Å²) in [6.45, 7) is 3.48. The molecular formula is C18H19N3O4. The number of hydrogen-bond acceptors (Lipinski definition) is 4. The lowest BCUT2D eigenvalue weighted by molar-refractivity contribution is -0.131. The normalized spacial score (nSPS) is 21.6. The molecule has 7 nitrogen and oxygen atoms in total. The molecule has 1 saturated heterocycles. The number of anilines is 1. The Morgan fingerprint density at radius 2 is 2.04 bits per heavy atom. The summed E-state index contributed by atoms with van der Waals surface area (Å²) in [6, 6.07) is 6.69. The van der Waals surface area contributed by atoms with Crippen molar-refractivity contribution in [2.75, 3.05) is 18.4 Å². The molecule has 0 aliphatic carbocycles. The van der Waals surface area contributed by atoms with Crippen molar-refractivity contribution in [3.05, 3.63) is 52.3 Å². The molecule has 0 radical (unpaired) electrons. The Morgan fingerprint density at radius 3 is 2.76 bits per heavy atom. The van der Waals surface area contributed by atoms with E-state index in [9.17, 15) is 14.4 Å². The Morgan fingerprint density at radius 1 is 1.20 bits per heavy atom. The summed E-state index contributed by atoms with van der Waals surface area (Å²) in [7, 11) is 0. The number of piperidine rings is 1. The van der Waals surface area contributed by atoms with E-state index in [0.717, 1.165) is 12.1 Å². The van der Waals surface area contributed by atoms with Gasteiger partial charge in [0.05, 0.1) is 6.26 Å². The van der Waals surface area contributed by atoms with Crippen LogP contribution in [0.15, 0.2) is 39.7 Å². The van der Waals surface area contributed by atoms with Gasteiger partial charge in [-0.1, -0.05) is 0 Å². The van der Waals surface area contributed by atoms with Crippen LogP contribution in [0.5, 0.6) is 0 Å². The quantitative estimate of drug-likeness (QED) is 0.900. The zero-order valence-electron chi connectivity index (χ0n) is 13.9. The van der Waals surface area contributed by atoms with E-state index in [4.69, 9.17) is 4.42 Å². The van der Waals surface area contributed by atoms with Crippen molar-refractivity contribution >= 4 is 17.5 Å². The molecule has 2 aromatic heterocycles. The Hall–Kier alpha value is -2.83. The molecule has 0 spiro atoms. The fourth-order valence-electron chi connectivity index (χ4n) is 3.89. The zero-order valence-corrected chi connectivity index (χ0v) is 13.9. The van der Waals surface area contributed by atoms with E-state index in [1.165, 1.54) is 6.26 Å². The van der Waals surface area contributed by atoms with E-state index in [0.29, 0.717) is 19.6 Å². The van der Waals surface area contributed by atoms with E-state index in [1.807, 2.05) is 11.0 Å². The predicted octanol–water partition coefficient (Wildman–Crippen LogP) is 1.66. The van der Waals surface area contributed by atoms with Crippen molar-refractivity contribution in [3.63, 3.8) is 0 Å². The molecule has 2 aromatic rings. The summed E-state index contributed by atoms with van der Waals surface area (Å²) in [5, 5.41) is 2.62. The highest BCUT2D eigenvalue weighted by Gasteiger charge is 2.35. The molecule has 1 fully saturated rings. The highest BCUT2D eigenvalue weighted by molar-refractivity contribution is 6.02. The van der Waals surface area contributed by atoms with Gasteiger partial charge in [0.1, 0.15) is 5.69 Å². The molecular weight excluding hydrogens is 322 g/mol. The molecule has 2 aliphatic rings. The summed E-state index contributed by atoms with van der Waals surface area (Å²) >= 11 is 0. The molecule has 2 amide bonds. The summed E-state index contributed by atoms with van der Waals surface area (Å²) in [5.74, 6) is 0.230. The van der Waals surface area contributed by atoms with Gasteiger partial charge < -0.3 is 19.2 Å². The first-order valence-electron chi connectivity index (χ1n) is 8.37. The molecule has 0 aromatic carbocycles. The summed E-state index contributed by atoms with van der Waals surface area (Å²) in [6.07, 6.45) is 2.40. The fraction of sp³-hybridized carbons (Fsp3) is 0.389. The Labute approximate surface area is 144 Å². The third-order valence-electron chi connectivity index (χ3n) is 5.04. The van der Waals surface area contributed by atoms with Gasteiger partial charge in [-0.15, -0.1) is 0 Å². The standard InChI is InChI=1S/C18H19N3O4/c1-11(22)20-8-12-7-13(10-20)15-5-4-14(18(24)21(15)9-12)19-17(23)16-3-2-6-25-16/h2-6,12-13H,7-10H2,1H3,(H,19,23)/t12-,13+/m0/s1. The van der Waals surface area contributed by atoms with Crippen molar-refractivity contribution in [1.29, 1.82) is 0 Å². The average Bonchev–Trinajstić information content (AvgIpc) is 3.12. The van der Waals surface area contributed by atoms with Crippen LogP contribution < -0.4 is 10.9 Å². The number of rotatable bonds is 2. The first-order valence-corrected chi connectivity index (χ1v) is 8.37. The Kier molecular flexibility index (Phi) is 3.71. The number of hydrogen-bond donors (Lipinski definition) is 1. The van der Waals surface area contributed by atoms with Crippen molar-refractivity contribution in [2.45, 2.75) is 25.8 Å². The highest BCUT2D eigenvalue weighted by Crippen LogP contribution is 2.35. The van der Waals surface area contributed by atoms with Crippen molar-refractivity contribution in [3.8, 4) is 0 Å². The maximum absolute atomic E-state index is 12.8. The van der Waals surface area contributed by atoms with Crippen molar-refractivity contribution < 1.29 is 14.0 Å². The number of fused-ring (bicyclic) bond motifs is 4. The number of nitrogens with one attached hydrogen (secondary N) is 1. The first-order chi connectivity index (χ1) is 12.0. The monoisotopic (exact) mass is 341 g/mol. The van der Waals surface area contributed by atoms with Crippen LogP contribution >= 0.6 is 0 Å². The maximum atomic E-state index is 12.8. The zero-order chi connectivity index (χ0) is 17.6. The van der Waals surface area contributed by atoms with E-state index in [2.05, 4.69) is 5.32 Å². The molecule has 0 saturated carbocycles. The second-order valence-corrected chi connectivity index (χ2v) is 6.74. The van der Waals surface area contributed by atoms with Gasteiger partial charge in [0.25, 0.3) is 11.5 Å². The summed E-state index contributed by atoms with van der Waals surface area (Å²) < 4.78 is 6.80. The molecule has 25 heavy (non-hydrogen) atoms. The van der Waals surface area contributed by atoms with Crippen LogP contribution in [0, 0.1) is 5.92 Å². The van der Waals surface area contributed by atoms with Crippen LogP contribution in [0.25, 0.3) is 0 Å². The topological polar surface area (TPSA) is 84.6 Å². The minimum absolute atomic E-state index is 0.0767. The Balaban J connectivity index is 1.63. The minimum Gasteiger partial charge on any atom is -0.459 e. The van der Waals surface area contributed by atoms with Crippen LogP contribution in [0.1, 0.15) is 35.5 Å². The van der Waals surface area contributed by atoms with Gasteiger partial charge in [0.2, 0.25) is 5.91 Å². The average molecular weight is 341 g/mol. The molecule has 2 atom stereocenters. The maximum Gasteiger partial charge on any atom is 0.291 e. The lowest BCUT2D eigenvalue weighted by Crippen LogP contribution is -2.48. The molecule has 7 heteroatoms. The lowest BCUT2D eigenvalue weighted by Gasteiger charge is -2.42. The lowest BCUT2D eigenvalue weighted by atomic mass is 9.83. The van der Waals surface area contributed by atoms with Gasteiger partial charge in [-0.25, -0.2) is 0 Å². The van der Waals surface area contributed by atoms with Gasteiger partial charge in [-0.05, 0) is 36.6 Å². The second kappa shape index (κ2) is 5.91. The number of likely N-dealkylation sites (tertiary alicyclic amines) is 1. The Bertz CT molecular complexity index is 884. The van der Waals surface area contributed by atoms with Crippen molar-refractivity contribution in [2.24, 2.45) is 5.92 Å². The van der Waals surface area contributed by atoms with Crippen LogP contribution in [0.4, 0.5) is 5.69 Å². The first kappa shape index (κ1) is 15.7. The molecule has 2 aliphatic heterocycles. The number of furan rings is 1. The molecule has 0 unspecified atom stereocenters. The van der Waals surface area contributed by atoms with Gasteiger partial charge in [0.15, 0.2) is 5.76 Å². The van der Waals surface area contributed by atoms with Crippen LogP contribution in [0.3, 0.4) is 0 Å².